The van der Waals surface area contributed by atoms with Crippen molar-refractivity contribution in [1.29, 1.82) is 0 Å². The van der Waals surface area contributed by atoms with Crippen molar-refractivity contribution in [3.8, 4) is 0 Å². The monoisotopic (exact) mass is 385 g/mol. The Hall–Kier alpha value is -2.70. The van der Waals surface area contributed by atoms with Crippen LogP contribution in [0.2, 0.25) is 0 Å². The molecule has 28 heavy (non-hydrogen) atoms. The molecule has 1 saturated carbocycles. The van der Waals surface area contributed by atoms with Gasteiger partial charge in [0.2, 0.25) is 0 Å². The van der Waals surface area contributed by atoms with Crippen LogP contribution in [0.15, 0.2) is 29.1 Å². The summed E-state index contributed by atoms with van der Waals surface area (Å²) in [6.07, 6.45) is 5.05. The molecule has 0 unspecified atom stereocenters. The maximum absolute atomic E-state index is 12.6. The van der Waals surface area contributed by atoms with Gasteiger partial charge in [-0.1, -0.05) is 44.9 Å². The SMILES string of the molecule is CCCn1nc(C(=O)OCC(=O)N[C@@H]2CCCC[C@H]2C)c2ccccc2c1=O. The Labute approximate surface area is 164 Å². The van der Waals surface area contributed by atoms with Gasteiger partial charge < -0.3 is 10.1 Å². The standard InChI is InChI=1S/C21H27N3O4/c1-3-12-24-20(26)16-10-6-5-9-15(16)19(23-24)21(27)28-13-18(25)22-17-11-7-4-8-14(17)2/h5-6,9-10,14,17H,3-4,7-8,11-13H2,1-2H3,(H,22,25)/t14-,17-/m1/s1. The van der Waals surface area contributed by atoms with E-state index in [9.17, 15) is 14.4 Å². The third kappa shape index (κ3) is 4.40. The first-order valence-electron chi connectivity index (χ1n) is 9.97. The van der Waals surface area contributed by atoms with E-state index in [4.69, 9.17) is 4.74 Å². The molecule has 7 heteroatoms. The highest BCUT2D eigenvalue weighted by Crippen LogP contribution is 2.23. The highest BCUT2D eigenvalue weighted by molar-refractivity contribution is 6.02. The minimum atomic E-state index is -0.701. The van der Waals surface area contributed by atoms with Crippen molar-refractivity contribution < 1.29 is 14.3 Å². The average molecular weight is 385 g/mol. The molecule has 1 N–H and O–H groups in total. The Bertz CT molecular complexity index is 921. The Morgan fingerprint density at radius 2 is 1.93 bits per heavy atom. The molecule has 1 fully saturated rings. The number of esters is 1. The zero-order valence-corrected chi connectivity index (χ0v) is 16.4. The maximum atomic E-state index is 12.6. The number of rotatable bonds is 6. The van der Waals surface area contributed by atoms with Gasteiger partial charge in [-0.3, -0.25) is 9.59 Å². The summed E-state index contributed by atoms with van der Waals surface area (Å²) in [5.41, 5.74) is -0.180. The molecule has 0 saturated heterocycles. The summed E-state index contributed by atoms with van der Waals surface area (Å²) in [6.45, 7) is 4.11. The van der Waals surface area contributed by atoms with Gasteiger partial charge in [-0.05, 0) is 31.2 Å². The molecule has 1 heterocycles. The minimum Gasteiger partial charge on any atom is -0.451 e. The largest absolute Gasteiger partial charge is 0.451 e. The summed E-state index contributed by atoms with van der Waals surface area (Å²) < 4.78 is 6.50. The van der Waals surface area contributed by atoms with E-state index in [1.165, 1.54) is 11.1 Å². The Morgan fingerprint density at radius 1 is 1.21 bits per heavy atom. The molecular formula is C21H27N3O4. The molecule has 150 valence electrons. The summed E-state index contributed by atoms with van der Waals surface area (Å²) in [7, 11) is 0. The average Bonchev–Trinajstić information content (AvgIpc) is 2.70. The minimum absolute atomic E-state index is 0.0579. The number of carbonyl (C=O) groups is 2. The molecule has 1 aromatic heterocycles. The number of ether oxygens (including phenoxy) is 1. The first kappa shape index (κ1) is 20.0. The number of hydrogen-bond donors (Lipinski definition) is 1. The van der Waals surface area contributed by atoms with Gasteiger partial charge in [0.15, 0.2) is 12.3 Å². The summed E-state index contributed by atoms with van der Waals surface area (Å²) >= 11 is 0. The van der Waals surface area contributed by atoms with Gasteiger partial charge in [0, 0.05) is 18.0 Å². The molecule has 1 aromatic carbocycles. The number of fused-ring (bicyclic) bond motifs is 1. The fraction of sp³-hybridized carbons (Fsp3) is 0.524. The molecule has 0 radical (unpaired) electrons. The van der Waals surface area contributed by atoms with Crippen LogP contribution in [0, 0.1) is 5.92 Å². The first-order chi connectivity index (χ1) is 13.5. The van der Waals surface area contributed by atoms with E-state index in [0.717, 1.165) is 19.3 Å². The lowest BCUT2D eigenvalue weighted by Crippen LogP contribution is -2.43. The van der Waals surface area contributed by atoms with E-state index in [-0.39, 0.29) is 29.8 Å². The second-order valence-corrected chi connectivity index (χ2v) is 7.43. The van der Waals surface area contributed by atoms with E-state index in [0.29, 0.717) is 29.7 Å². The van der Waals surface area contributed by atoms with Crippen LogP contribution in [0.4, 0.5) is 0 Å². The van der Waals surface area contributed by atoms with Crippen LogP contribution in [0.5, 0.6) is 0 Å². The van der Waals surface area contributed by atoms with Gasteiger partial charge in [0.05, 0.1) is 5.39 Å². The Balaban J connectivity index is 1.73. The first-order valence-corrected chi connectivity index (χ1v) is 9.97. The zero-order chi connectivity index (χ0) is 20.1. The molecular weight excluding hydrogens is 358 g/mol. The molecule has 0 aliphatic heterocycles. The van der Waals surface area contributed by atoms with Gasteiger partial charge in [-0.25, -0.2) is 9.48 Å². The third-order valence-electron chi connectivity index (χ3n) is 5.29. The number of amides is 1. The predicted molar refractivity (Wildman–Crippen MR) is 106 cm³/mol. The van der Waals surface area contributed by atoms with E-state index in [1.54, 1.807) is 24.3 Å². The van der Waals surface area contributed by atoms with Crippen LogP contribution >= 0.6 is 0 Å². The van der Waals surface area contributed by atoms with Crippen molar-refractivity contribution in [2.75, 3.05) is 6.61 Å². The number of aromatic nitrogens is 2. The number of carbonyl (C=O) groups excluding carboxylic acids is 2. The van der Waals surface area contributed by atoms with Crippen molar-refractivity contribution in [2.24, 2.45) is 5.92 Å². The van der Waals surface area contributed by atoms with Crippen LogP contribution in [-0.4, -0.2) is 34.3 Å². The molecule has 2 atom stereocenters. The lowest BCUT2D eigenvalue weighted by atomic mass is 9.86. The van der Waals surface area contributed by atoms with Gasteiger partial charge in [0.1, 0.15) is 0 Å². The van der Waals surface area contributed by atoms with Crippen molar-refractivity contribution >= 4 is 22.6 Å². The molecule has 0 bridgehead atoms. The van der Waals surface area contributed by atoms with Crippen LogP contribution in [0.1, 0.15) is 56.4 Å². The number of aryl methyl sites for hydroxylation is 1. The predicted octanol–water partition coefficient (Wildman–Crippen LogP) is 2.66. The van der Waals surface area contributed by atoms with E-state index in [2.05, 4.69) is 17.3 Å². The molecule has 1 amide bonds. The highest BCUT2D eigenvalue weighted by atomic mass is 16.5. The van der Waals surface area contributed by atoms with E-state index >= 15 is 0 Å². The molecule has 3 rings (SSSR count). The Morgan fingerprint density at radius 3 is 2.64 bits per heavy atom. The molecule has 0 spiro atoms. The normalized spacial score (nSPS) is 19.4. The fourth-order valence-electron chi connectivity index (χ4n) is 3.73. The third-order valence-corrected chi connectivity index (χ3v) is 5.29. The number of benzene rings is 1. The lowest BCUT2D eigenvalue weighted by molar-refractivity contribution is -0.125. The van der Waals surface area contributed by atoms with Crippen LogP contribution in [0.25, 0.3) is 10.8 Å². The number of nitrogens with one attached hydrogen (secondary N) is 1. The van der Waals surface area contributed by atoms with Crippen molar-refractivity contribution in [3.63, 3.8) is 0 Å². The van der Waals surface area contributed by atoms with Gasteiger partial charge in [-0.2, -0.15) is 5.10 Å². The quantitative estimate of drug-likeness (QED) is 0.772. The van der Waals surface area contributed by atoms with Crippen molar-refractivity contribution in [1.82, 2.24) is 15.1 Å². The van der Waals surface area contributed by atoms with Crippen molar-refractivity contribution in [2.45, 2.75) is 58.5 Å². The summed E-state index contributed by atoms with van der Waals surface area (Å²) in [4.78, 5) is 37.3. The highest BCUT2D eigenvalue weighted by Gasteiger charge is 2.24. The van der Waals surface area contributed by atoms with Crippen LogP contribution < -0.4 is 10.9 Å². The second kappa shape index (κ2) is 8.99. The smallest absolute Gasteiger partial charge is 0.359 e. The van der Waals surface area contributed by atoms with Gasteiger partial charge in [-0.15, -0.1) is 0 Å². The van der Waals surface area contributed by atoms with Crippen LogP contribution in [0.3, 0.4) is 0 Å². The van der Waals surface area contributed by atoms with E-state index < -0.39 is 5.97 Å². The van der Waals surface area contributed by atoms with Gasteiger partial charge in [0.25, 0.3) is 11.5 Å². The lowest BCUT2D eigenvalue weighted by Gasteiger charge is -2.29. The van der Waals surface area contributed by atoms with Crippen LogP contribution in [-0.2, 0) is 16.1 Å². The fourth-order valence-corrected chi connectivity index (χ4v) is 3.73. The van der Waals surface area contributed by atoms with Crippen molar-refractivity contribution in [3.05, 3.63) is 40.3 Å². The summed E-state index contributed by atoms with van der Waals surface area (Å²) in [5.74, 6) is -0.581. The molecule has 2 aromatic rings. The number of nitrogens with zero attached hydrogens (tertiary/aromatic N) is 2. The Kier molecular flexibility index (Phi) is 6.44. The molecule has 1 aliphatic carbocycles. The molecule has 1 aliphatic rings. The zero-order valence-electron chi connectivity index (χ0n) is 16.4. The number of hydrogen-bond acceptors (Lipinski definition) is 5. The second-order valence-electron chi connectivity index (χ2n) is 7.43. The van der Waals surface area contributed by atoms with Gasteiger partial charge >= 0.3 is 5.97 Å². The molecule has 7 nitrogen and oxygen atoms in total. The topological polar surface area (TPSA) is 90.3 Å². The summed E-state index contributed by atoms with van der Waals surface area (Å²) in [6, 6.07) is 6.94. The van der Waals surface area contributed by atoms with E-state index in [1.807, 2.05) is 6.92 Å². The maximum Gasteiger partial charge on any atom is 0.359 e. The summed E-state index contributed by atoms with van der Waals surface area (Å²) in [5, 5.41) is 8.01.